The van der Waals surface area contributed by atoms with E-state index in [2.05, 4.69) is 35.1 Å². The van der Waals surface area contributed by atoms with E-state index in [-0.39, 0.29) is 17.0 Å². The second kappa shape index (κ2) is 6.34. The van der Waals surface area contributed by atoms with Gasteiger partial charge >= 0.3 is 0 Å². The molecule has 1 aromatic carbocycles. The Morgan fingerprint density at radius 3 is 2.71 bits per heavy atom. The van der Waals surface area contributed by atoms with Gasteiger partial charge in [-0.15, -0.1) is 0 Å². The van der Waals surface area contributed by atoms with Crippen molar-refractivity contribution < 1.29 is 4.79 Å². The third-order valence-electron chi connectivity index (χ3n) is 5.49. The van der Waals surface area contributed by atoms with Crippen LogP contribution in [0, 0.1) is 23.7 Å². The summed E-state index contributed by atoms with van der Waals surface area (Å²) in [6, 6.07) is 10.1. The molecule has 1 unspecified atom stereocenters. The van der Waals surface area contributed by atoms with E-state index in [1.165, 1.54) is 6.33 Å². The van der Waals surface area contributed by atoms with Crippen molar-refractivity contribution in [1.82, 2.24) is 15.2 Å². The first-order chi connectivity index (χ1) is 13.3. The summed E-state index contributed by atoms with van der Waals surface area (Å²) >= 11 is 0. The molecule has 0 radical (unpaired) electrons. The monoisotopic (exact) mass is 374 g/mol. The lowest BCUT2D eigenvalue weighted by molar-refractivity contribution is -0.118. The van der Waals surface area contributed by atoms with E-state index in [0.717, 1.165) is 16.8 Å². The maximum Gasteiger partial charge on any atom is 0.231 e. The van der Waals surface area contributed by atoms with E-state index in [0.29, 0.717) is 29.9 Å². The summed E-state index contributed by atoms with van der Waals surface area (Å²) in [7, 11) is 0. The third kappa shape index (κ3) is 2.69. The lowest BCUT2D eigenvalue weighted by Gasteiger charge is -2.42. The number of nitrogens with two attached hydrogens (primary N) is 1. The number of Topliss-reactive ketones (excluding diaryl/α,β-unsaturated/α-hetero) is 1. The smallest absolute Gasteiger partial charge is 0.231 e. The zero-order valence-corrected chi connectivity index (χ0v) is 16.2. The molecule has 1 aliphatic carbocycles. The number of allylic oxidation sites excluding steroid dienone is 3. The highest BCUT2D eigenvalue weighted by atomic mass is 16.1. The minimum Gasteiger partial charge on any atom is -0.384 e. The number of rotatable bonds is 2. The van der Waals surface area contributed by atoms with Gasteiger partial charge in [-0.1, -0.05) is 38.1 Å². The summed E-state index contributed by atoms with van der Waals surface area (Å²) < 4.78 is 0. The van der Waals surface area contributed by atoms with Crippen LogP contribution in [0.5, 0.6) is 0 Å². The predicted octanol–water partition coefficient (Wildman–Crippen LogP) is 3.05. The molecule has 3 N–H and O–H groups in total. The first kappa shape index (κ1) is 18.0. The molecule has 0 saturated carbocycles. The van der Waals surface area contributed by atoms with Crippen molar-refractivity contribution in [1.29, 1.82) is 5.26 Å². The molecule has 142 valence electrons. The molecule has 28 heavy (non-hydrogen) atoms. The first-order valence-corrected chi connectivity index (χ1v) is 9.21. The van der Waals surface area contributed by atoms with Crippen LogP contribution in [-0.2, 0) is 4.79 Å². The van der Waals surface area contributed by atoms with Crippen molar-refractivity contribution in [3.8, 4) is 6.07 Å². The van der Waals surface area contributed by atoms with Crippen LogP contribution in [0.3, 0.4) is 0 Å². The van der Waals surface area contributed by atoms with Gasteiger partial charge < -0.3 is 5.73 Å². The van der Waals surface area contributed by atoms with Gasteiger partial charge in [0.25, 0.3) is 0 Å². The Morgan fingerprint density at radius 1 is 1.32 bits per heavy atom. The third-order valence-corrected chi connectivity index (χ3v) is 5.49. The quantitative estimate of drug-likeness (QED) is 0.835. The number of hydrogen-bond donors (Lipinski definition) is 2. The number of carbonyl (C=O) groups excluding carboxylic acids is 1. The minimum atomic E-state index is -0.469. The van der Waals surface area contributed by atoms with Gasteiger partial charge in [0, 0.05) is 17.7 Å². The van der Waals surface area contributed by atoms with Gasteiger partial charge in [0.1, 0.15) is 12.1 Å². The van der Waals surface area contributed by atoms with Crippen LogP contribution in [0.1, 0.15) is 43.7 Å². The van der Waals surface area contributed by atoms with E-state index in [1.54, 1.807) is 4.90 Å². The summed E-state index contributed by atoms with van der Waals surface area (Å²) in [5.74, 6) is 0.275. The van der Waals surface area contributed by atoms with Crippen LogP contribution in [0.25, 0.3) is 0 Å². The number of anilines is 1. The van der Waals surface area contributed by atoms with Crippen molar-refractivity contribution in [2.45, 2.75) is 39.5 Å². The molecule has 1 aromatic heterocycles. The van der Waals surface area contributed by atoms with Gasteiger partial charge in [-0.25, -0.2) is 5.10 Å². The number of benzene rings is 1. The Kier molecular flexibility index (Phi) is 4.07. The molecule has 2 aromatic rings. The molecular weight excluding hydrogens is 352 g/mol. The summed E-state index contributed by atoms with van der Waals surface area (Å²) in [5, 5.41) is 16.7. The summed E-state index contributed by atoms with van der Waals surface area (Å²) in [4.78, 5) is 19.2. The fourth-order valence-corrected chi connectivity index (χ4v) is 4.28. The largest absolute Gasteiger partial charge is 0.384 e. The number of H-pyrrole nitrogens is 1. The molecule has 0 bridgehead atoms. The number of aromatic amines is 1. The van der Waals surface area contributed by atoms with Crippen LogP contribution in [0.2, 0.25) is 0 Å². The molecular formula is C21H22N6O. The van der Waals surface area contributed by atoms with E-state index < -0.39 is 5.92 Å². The molecule has 2 heterocycles. The average molecular weight is 374 g/mol. The summed E-state index contributed by atoms with van der Waals surface area (Å²) in [6.45, 7) is 6.12. The number of ketones is 1. The number of aromatic nitrogens is 3. The molecule has 7 heteroatoms. The predicted molar refractivity (Wildman–Crippen MR) is 105 cm³/mol. The molecule has 1 atom stereocenters. The van der Waals surface area contributed by atoms with Gasteiger partial charge in [0.15, 0.2) is 5.78 Å². The highest BCUT2D eigenvalue weighted by Gasteiger charge is 2.45. The maximum absolute atomic E-state index is 13.3. The Labute approximate surface area is 163 Å². The fraction of sp³-hybridized carbons (Fsp3) is 0.333. The second-order valence-electron chi connectivity index (χ2n) is 8.15. The van der Waals surface area contributed by atoms with Crippen LogP contribution in [0.4, 0.5) is 5.95 Å². The van der Waals surface area contributed by atoms with Crippen molar-refractivity contribution in [3.05, 3.63) is 64.4 Å². The van der Waals surface area contributed by atoms with Crippen LogP contribution in [0.15, 0.2) is 53.3 Å². The maximum atomic E-state index is 13.3. The van der Waals surface area contributed by atoms with Crippen molar-refractivity contribution in [2.75, 3.05) is 4.90 Å². The summed E-state index contributed by atoms with van der Waals surface area (Å²) in [6.07, 6.45) is 2.46. The minimum absolute atomic E-state index is 0.0456. The highest BCUT2D eigenvalue weighted by Crippen LogP contribution is 2.49. The van der Waals surface area contributed by atoms with E-state index in [9.17, 15) is 10.1 Å². The number of carbonyl (C=O) groups is 1. The number of nitrogens with zero attached hydrogens (tertiary/aromatic N) is 4. The normalized spacial score (nSPS) is 21.6. The highest BCUT2D eigenvalue weighted by molar-refractivity contribution is 6.01. The first-order valence-electron chi connectivity index (χ1n) is 9.21. The van der Waals surface area contributed by atoms with E-state index >= 15 is 0 Å². The van der Waals surface area contributed by atoms with E-state index in [4.69, 9.17) is 5.73 Å². The molecule has 1 aliphatic heterocycles. The summed E-state index contributed by atoms with van der Waals surface area (Å²) in [5.41, 5.74) is 10.0. The fourth-order valence-electron chi connectivity index (χ4n) is 4.28. The van der Waals surface area contributed by atoms with Gasteiger partial charge in [-0.05, 0) is 29.9 Å². The number of nitrogens with one attached hydrogen (secondary N) is 1. The van der Waals surface area contributed by atoms with Crippen molar-refractivity contribution >= 4 is 11.7 Å². The van der Waals surface area contributed by atoms with Gasteiger partial charge in [-0.3, -0.25) is 9.69 Å². The number of aryl methyl sites for hydroxylation is 1. The SMILES string of the molecule is Cc1ccccc1C1C(C#N)=C(N)N(c2ncn[nH]2)C2=C1C(=O)CC(C)(C)C2. The Bertz CT molecular complexity index is 1050. The Balaban J connectivity index is 2.02. The second-order valence-corrected chi connectivity index (χ2v) is 8.15. The average Bonchev–Trinajstić information content (AvgIpc) is 3.14. The number of hydrogen-bond acceptors (Lipinski definition) is 6. The van der Waals surface area contributed by atoms with E-state index in [1.807, 2.05) is 31.2 Å². The van der Waals surface area contributed by atoms with Gasteiger partial charge in [0.05, 0.1) is 17.6 Å². The molecule has 0 fully saturated rings. The lowest BCUT2D eigenvalue weighted by Crippen LogP contribution is -2.42. The molecule has 0 spiro atoms. The van der Waals surface area contributed by atoms with Crippen LogP contribution in [-0.4, -0.2) is 21.0 Å². The zero-order chi connectivity index (χ0) is 20.1. The van der Waals surface area contributed by atoms with Gasteiger partial charge in [-0.2, -0.15) is 15.3 Å². The molecule has 2 aliphatic rings. The van der Waals surface area contributed by atoms with Crippen molar-refractivity contribution in [3.63, 3.8) is 0 Å². The Morgan fingerprint density at radius 2 is 2.07 bits per heavy atom. The molecule has 0 amide bonds. The molecule has 0 saturated heterocycles. The molecule has 4 rings (SSSR count). The van der Waals surface area contributed by atoms with Crippen LogP contribution < -0.4 is 10.6 Å². The van der Waals surface area contributed by atoms with Gasteiger partial charge in [0.2, 0.25) is 5.95 Å². The Hall–Kier alpha value is -3.40. The number of nitriles is 1. The van der Waals surface area contributed by atoms with Crippen LogP contribution >= 0.6 is 0 Å². The lowest BCUT2D eigenvalue weighted by atomic mass is 9.68. The van der Waals surface area contributed by atoms with Crippen molar-refractivity contribution in [2.24, 2.45) is 11.1 Å². The topological polar surface area (TPSA) is 112 Å². The zero-order valence-electron chi connectivity index (χ0n) is 16.2. The standard InChI is InChI=1S/C21H22N6O/c1-12-6-4-5-7-13(12)17-14(10-22)19(23)27(20-24-11-25-26-20)15-8-21(2,3)9-16(28)18(15)17/h4-7,11,17H,8-9,23H2,1-3H3,(H,24,25,26). The molecule has 7 nitrogen and oxygen atoms in total.